The molecule has 1 heterocycles. The minimum Gasteiger partial charge on any atom is -0.480 e. The van der Waals surface area contributed by atoms with E-state index < -0.39 is 33.8 Å². The number of piperidine rings is 1. The van der Waals surface area contributed by atoms with Gasteiger partial charge in [-0.05, 0) is 43.5 Å². The third-order valence-electron chi connectivity index (χ3n) is 3.86. The molecule has 1 amide bonds. The van der Waals surface area contributed by atoms with Crippen molar-refractivity contribution in [1.82, 2.24) is 9.62 Å². The lowest BCUT2D eigenvalue weighted by atomic mass is 10.0. The molecular formula is C15H19FN2O5S. The molecular weight excluding hydrogens is 339 g/mol. The second-order valence-corrected chi connectivity index (χ2v) is 7.31. The van der Waals surface area contributed by atoms with Crippen LogP contribution < -0.4 is 4.72 Å². The van der Waals surface area contributed by atoms with E-state index in [0.29, 0.717) is 13.0 Å². The smallest absolute Gasteiger partial charge is 0.326 e. The molecule has 1 aromatic rings. The van der Waals surface area contributed by atoms with Gasteiger partial charge in [-0.2, -0.15) is 0 Å². The van der Waals surface area contributed by atoms with Crippen LogP contribution in [0.5, 0.6) is 0 Å². The van der Waals surface area contributed by atoms with Crippen LogP contribution in [0.2, 0.25) is 0 Å². The SMILES string of the molecule is O=C(O)C1CCCCN1C(=O)CCNS(=O)(=O)c1ccc(F)cc1. The van der Waals surface area contributed by atoms with Crippen molar-refractivity contribution >= 4 is 21.9 Å². The van der Waals surface area contributed by atoms with Gasteiger partial charge in [-0.15, -0.1) is 0 Å². The highest BCUT2D eigenvalue weighted by Crippen LogP contribution is 2.18. The largest absolute Gasteiger partial charge is 0.480 e. The second-order valence-electron chi connectivity index (χ2n) is 5.54. The fraction of sp³-hybridized carbons (Fsp3) is 0.467. The van der Waals surface area contributed by atoms with Crippen LogP contribution in [0.15, 0.2) is 29.2 Å². The van der Waals surface area contributed by atoms with Crippen LogP contribution in [0.4, 0.5) is 4.39 Å². The summed E-state index contributed by atoms with van der Waals surface area (Å²) < 4.78 is 39.1. The molecule has 0 aliphatic carbocycles. The first-order valence-corrected chi connectivity index (χ1v) is 9.07. The second kappa shape index (κ2) is 7.71. The summed E-state index contributed by atoms with van der Waals surface area (Å²) in [5, 5.41) is 9.15. The zero-order chi connectivity index (χ0) is 17.7. The monoisotopic (exact) mass is 358 g/mol. The molecule has 1 aliphatic heterocycles. The summed E-state index contributed by atoms with van der Waals surface area (Å²) in [5.41, 5.74) is 0. The Morgan fingerprint density at radius 2 is 1.92 bits per heavy atom. The van der Waals surface area contributed by atoms with Crippen molar-refractivity contribution in [2.75, 3.05) is 13.1 Å². The number of rotatable bonds is 6. The van der Waals surface area contributed by atoms with Crippen molar-refractivity contribution in [1.29, 1.82) is 0 Å². The Balaban J connectivity index is 1.91. The van der Waals surface area contributed by atoms with E-state index in [2.05, 4.69) is 4.72 Å². The first-order valence-electron chi connectivity index (χ1n) is 7.59. The zero-order valence-corrected chi connectivity index (χ0v) is 13.8. The topological polar surface area (TPSA) is 104 Å². The molecule has 0 radical (unpaired) electrons. The average Bonchev–Trinajstić information content (AvgIpc) is 2.55. The summed E-state index contributed by atoms with van der Waals surface area (Å²) >= 11 is 0. The van der Waals surface area contributed by atoms with Gasteiger partial charge in [0.2, 0.25) is 15.9 Å². The lowest BCUT2D eigenvalue weighted by molar-refractivity contribution is -0.152. The molecule has 9 heteroatoms. The van der Waals surface area contributed by atoms with Gasteiger partial charge in [-0.25, -0.2) is 22.3 Å². The van der Waals surface area contributed by atoms with Crippen molar-refractivity contribution < 1.29 is 27.5 Å². The number of amides is 1. The van der Waals surface area contributed by atoms with E-state index in [-0.39, 0.29) is 17.9 Å². The van der Waals surface area contributed by atoms with E-state index in [1.807, 2.05) is 0 Å². The van der Waals surface area contributed by atoms with Gasteiger partial charge in [-0.1, -0.05) is 0 Å². The highest BCUT2D eigenvalue weighted by Gasteiger charge is 2.31. The van der Waals surface area contributed by atoms with Crippen LogP contribution in [0, 0.1) is 5.82 Å². The third-order valence-corrected chi connectivity index (χ3v) is 5.34. The normalized spacial score (nSPS) is 18.4. The maximum absolute atomic E-state index is 12.8. The van der Waals surface area contributed by atoms with Crippen LogP contribution in [0.25, 0.3) is 0 Å². The minimum atomic E-state index is -3.84. The van der Waals surface area contributed by atoms with Gasteiger partial charge in [0.1, 0.15) is 11.9 Å². The highest BCUT2D eigenvalue weighted by atomic mass is 32.2. The first kappa shape index (κ1) is 18.3. The molecule has 0 spiro atoms. The number of hydrogen-bond donors (Lipinski definition) is 2. The summed E-state index contributed by atoms with van der Waals surface area (Å²) in [4.78, 5) is 24.5. The Labute approximate surface area is 139 Å². The van der Waals surface area contributed by atoms with Gasteiger partial charge in [-0.3, -0.25) is 4.79 Å². The van der Waals surface area contributed by atoms with Crippen LogP contribution in [0.3, 0.4) is 0 Å². The van der Waals surface area contributed by atoms with E-state index in [4.69, 9.17) is 5.11 Å². The fourth-order valence-corrected chi connectivity index (χ4v) is 3.65. The molecule has 7 nitrogen and oxygen atoms in total. The predicted octanol–water partition coefficient (Wildman–Crippen LogP) is 0.960. The number of carboxylic acids is 1. The molecule has 132 valence electrons. The minimum absolute atomic E-state index is 0.0993. The van der Waals surface area contributed by atoms with E-state index in [1.165, 1.54) is 4.90 Å². The van der Waals surface area contributed by atoms with Gasteiger partial charge >= 0.3 is 5.97 Å². The number of halogens is 1. The first-order chi connectivity index (χ1) is 11.3. The Morgan fingerprint density at radius 1 is 1.25 bits per heavy atom. The number of carboxylic acid groups (broad SMARTS) is 1. The molecule has 1 aliphatic rings. The number of sulfonamides is 1. The molecule has 1 fully saturated rings. The molecule has 24 heavy (non-hydrogen) atoms. The predicted molar refractivity (Wildman–Crippen MR) is 83.2 cm³/mol. The lowest BCUT2D eigenvalue weighted by Crippen LogP contribution is -2.48. The Morgan fingerprint density at radius 3 is 2.54 bits per heavy atom. The Hall–Kier alpha value is -2.00. The van der Waals surface area contributed by atoms with Crippen molar-refractivity contribution in [2.45, 2.75) is 36.6 Å². The van der Waals surface area contributed by atoms with Crippen molar-refractivity contribution in [3.05, 3.63) is 30.1 Å². The third kappa shape index (κ3) is 4.51. The van der Waals surface area contributed by atoms with Crippen molar-refractivity contribution in [3.8, 4) is 0 Å². The molecule has 1 saturated heterocycles. The number of carbonyl (C=O) groups is 2. The lowest BCUT2D eigenvalue weighted by Gasteiger charge is -2.33. The van der Waals surface area contributed by atoms with Crippen LogP contribution >= 0.6 is 0 Å². The van der Waals surface area contributed by atoms with E-state index in [9.17, 15) is 22.4 Å². The van der Waals surface area contributed by atoms with Crippen LogP contribution in [-0.4, -0.2) is 49.4 Å². The van der Waals surface area contributed by atoms with Gasteiger partial charge in [0.15, 0.2) is 0 Å². The molecule has 0 saturated carbocycles. The van der Waals surface area contributed by atoms with Crippen LogP contribution in [0.1, 0.15) is 25.7 Å². The number of nitrogens with one attached hydrogen (secondary N) is 1. The number of likely N-dealkylation sites (tertiary alicyclic amines) is 1. The average molecular weight is 358 g/mol. The van der Waals surface area contributed by atoms with E-state index in [1.54, 1.807) is 0 Å². The summed E-state index contributed by atoms with van der Waals surface area (Å²) in [7, 11) is -3.84. The molecule has 2 rings (SSSR count). The summed E-state index contributed by atoms with van der Waals surface area (Å²) in [6.07, 6.45) is 1.75. The fourth-order valence-electron chi connectivity index (χ4n) is 2.62. The Bertz CT molecular complexity index is 705. The van der Waals surface area contributed by atoms with Crippen LogP contribution in [-0.2, 0) is 19.6 Å². The van der Waals surface area contributed by atoms with Gasteiger partial charge in [0.25, 0.3) is 0 Å². The maximum Gasteiger partial charge on any atom is 0.326 e. The summed E-state index contributed by atoms with van der Waals surface area (Å²) in [6, 6.07) is 3.48. The van der Waals surface area contributed by atoms with E-state index >= 15 is 0 Å². The number of nitrogens with zero attached hydrogens (tertiary/aromatic N) is 1. The number of hydrogen-bond acceptors (Lipinski definition) is 4. The molecule has 1 atom stereocenters. The van der Waals surface area contributed by atoms with Crippen molar-refractivity contribution in [2.24, 2.45) is 0 Å². The Kier molecular flexibility index (Phi) is 5.89. The number of aliphatic carboxylic acids is 1. The standard InChI is InChI=1S/C15H19FN2O5S/c16-11-4-6-12(7-5-11)24(22,23)17-9-8-14(19)18-10-2-1-3-13(18)15(20)21/h4-7,13,17H,1-3,8-10H2,(H,20,21). The van der Waals surface area contributed by atoms with E-state index in [0.717, 1.165) is 37.1 Å². The quantitative estimate of drug-likeness (QED) is 0.788. The van der Waals surface area contributed by atoms with Gasteiger partial charge in [0, 0.05) is 19.5 Å². The van der Waals surface area contributed by atoms with Gasteiger partial charge in [0.05, 0.1) is 4.90 Å². The highest BCUT2D eigenvalue weighted by molar-refractivity contribution is 7.89. The molecule has 1 aromatic carbocycles. The number of carbonyl (C=O) groups excluding carboxylic acids is 1. The van der Waals surface area contributed by atoms with Crippen molar-refractivity contribution in [3.63, 3.8) is 0 Å². The zero-order valence-electron chi connectivity index (χ0n) is 12.9. The van der Waals surface area contributed by atoms with Gasteiger partial charge < -0.3 is 10.0 Å². The molecule has 0 bridgehead atoms. The summed E-state index contributed by atoms with van der Waals surface area (Å²) in [6.45, 7) is 0.210. The summed E-state index contributed by atoms with van der Waals surface area (Å²) in [5.74, 6) is -1.99. The molecule has 1 unspecified atom stereocenters. The molecule has 0 aromatic heterocycles. The number of benzene rings is 1. The maximum atomic E-state index is 12.8. The molecule has 2 N–H and O–H groups in total.